The van der Waals surface area contributed by atoms with Crippen molar-refractivity contribution in [3.8, 4) is 12.3 Å². The second kappa shape index (κ2) is 7.09. The van der Waals surface area contributed by atoms with Crippen molar-refractivity contribution in [2.45, 2.75) is 39.3 Å². The summed E-state index contributed by atoms with van der Waals surface area (Å²) in [6.07, 6.45) is 7.23. The van der Waals surface area contributed by atoms with Crippen molar-refractivity contribution in [2.75, 3.05) is 6.54 Å². The lowest BCUT2D eigenvalue weighted by Gasteiger charge is -2.26. The molecule has 1 aromatic rings. The maximum Gasteiger partial charge on any atom is 0.0236 e. The molecule has 0 saturated carbocycles. The van der Waals surface area contributed by atoms with Gasteiger partial charge in [0.25, 0.3) is 0 Å². The lowest BCUT2D eigenvalue weighted by molar-refractivity contribution is 0.211. The molecule has 0 aromatic heterocycles. The molecule has 0 heterocycles. The van der Waals surface area contributed by atoms with Gasteiger partial charge in [-0.15, -0.1) is 12.3 Å². The highest BCUT2D eigenvalue weighted by Gasteiger charge is 2.08. The Balaban J connectivity index is 2.49. The molecule has 0 bridgehead atoms. The summed E-state index contributed by atoms with van der Waals surface area (Å²) in [5.74, 6) is 2.70. The van der Waals surface area contributed by atoms with E-state index in [0.717, 1.165) is 25.9 Å². The minimum Gasteiger partial charge on any atom is -0.297 e. The van der Waals surface area contributed by atoms with Gasteiger partial charge < -0.3 is 0 Å². The van der Waals surface area contributed by atoms with Crippen molar-refractivity contribution < 1.29 is 0 Å². The fourth-order valence-corrected chi connectivity index (χ4v) is 1.72. The van der Waals surface area contributed by atoms with Crippen molar-refractivity contribution in [2.24, 2.45) is 0 Å². The Hall–Kier alpha value is -1.26. The molecule has 1 nitrogen and oxygen atoms in total. The Kier molecular flexibility index (Phi) is 5.67. The van der Waals surface area contributed by atoms with E-state index in [0.29, 0.717) is 6.04 Å². The zero-order chi connectivity index (χ0) is 11.8. The van der Waals surface area contributed by atoms with Crippen LogP contribution in [0.5, 0.6) is 0 Å². The first-order chi connectivity index (χ1) is 7.74. The van der Waals surface area contributed by atoms with E-state index >= 15 is 0 Å². The molecule has 0 N–H and O–H groups in total. The number of rotatable bonds is 6. The van der Waals surface area contributed by atoms with Crippen LogP contribution in [0.4, 0.5) is 0 Å². The SMILES string of the molecule is C#CCCCN(Cc1ccccc1)C(C)C. The van der Waals surface area contributed by atoms with Crippen LogP contribution in [0.3, 0.4) is 0 Å². The summed E-state index contributed by atoms with van der Waals surface area (Å²) < 4.78 is 0. The van der Waals surface area contributed by atoms with E-state index < -0.39 is 0 Å². The number of unbranched alkanes of at least 4 members (excludes halogenated alkanes) is 1. The maximum absolute atomic E-state index is 5.27. The molecule has 0 aliphatic heterocycles. The summed E-state index contributed by atoms with van der Waals surface area (Å²) in [5.41, 5.74) is 1.37. The number of hydrogen-bond donors (Lipinski definition) is 0. The third-order valence-electron chi connectivity index (χ3n) is 2.73. The highest BCUT2D eigenvalue weighted by Crippen LogP contribution is 2.09. The van der Waals surface area contributed by atoms with E-state index in [1.54, 1.807) is 0 Å². The molecular weight excluding hydrogens is 194 g/mol. The number of benzene rings is 1. The molecule has 0 spiro atoms. The second-order valence-corrected chi connectivity index (χ2v) is 4.36. The standard InChI is InChI=1S/C15H21N/c1-4-5-9-12-16(14(2)3)13-15-10-7-6-8-11-15/h1,6-8,10-11,14H,5,9,12-13H2,2-3H3. The molecule has 16 heavy (non-hydrogen) atoms. The van der Waals surface area contributed by atoms with Gasteiger partial charge in [-0.25, -0.2) is 0 Å². The van der Waals surface area contributed by atoms with Crippen LogP contribution in [0.1, 0.15) is 32.3 Å². The fraction of sp³-hybridized carbons (Fsp3) is 0.467. The molecule has 0 aliphatic carbocycles. The first kappa shape index (κ1) is 12.8. The molecule has 0 unspecified atom stereocenters. The van der Waals surface area contributed by atoms with Crippen molar-refractivity contribution in [1.29, 1.82) is 0 Å². The lowest BCUT2D eigenvalue weighted by atomic mass is 10.1. The first-order valence-electron chi connectivity index (χ1n) is 5.95. The van der Waals surface area contributed by atoms with Gasteiger partial charge in [0.2, 0.25) is 0 Å². The van der Waals surface area contributed by atoms with Gasteiger partial charge >= 0.3 is 0 Å². The largest absolute Gasteiger partial charge is 0.297 e. The highest BCUT2D eigenvalue weighted by atomic mass is 15.1. The van der Waals surface area contributed by atoms with Crippen molar-refractivity contribution in [1.82, 2.24) is 4.90 Å². The topological polar surface area (TPSA) is 3.24 Å². The van der Waals surface area contributed by atoms with Crippen LogP contribution < -0.4 is 0 Å². The van der Waals surface area contributed by atoms with E-state index in [9.17, 15) is 0 Å². The molecule has 0 fully saturated rings. The second-order valence-electron chi connectivity index (χ2n) is 4.36. The van der Waals surface area contributed by atoms with Gasteiger partial charge in [-0.1, -0.05) is 30.3 Å². The van der Waals surface area contributed by atoms with Crippen LogP contribution in [0.2, 0.25) is 0 Å². The Morgan fingerprint density at radius 1 is 1.25 bits per heavy atom. The molecule has 1 aromatic carbocycles. The monoisotopic (exact) mass is 215 g/mol. The first-order valence-corrected chi connectivity index (χ1v) is 5.95. The molecule has 0 radical (unpaired) electrons. The summed E-state index contributed by atoms with van der Waals surface area (Å²) in [6, 6.07) is 11.2. The van der Waals surface area contributed by atoms with E-state index in [4.69, 9.17) is 6.42 Å². The Morgan fingerprint density at radius 2 is 1.94 bits per heavy atom. The van der Waals surface area contributed by atoms with Crippen molar-refractivity contribution >= 4 is 0 Å². The predicted octanol–water partition coefficient (Wildman–Crippen LogP) is 3.31. The molecule has 1 rings (SSSR count). The minimum absolute atomic E-state index is 0.568. The summed E-state index contributed by atoms with van der Waals surface area (Å²) in [7, 11) is 0. The van der Waals surface area contributed by atoms with E-state index in [-0.39, 0.29) is 0 Å². The van der Waals surface area contributed by atoms with Crippen molar-refractivity contribution in [3.05, 3.63) is 35.9 Å². The molecule has 86 valence electrons. The smallest absolute Gasteiger partial charge is 0.0236 e. The van der Waals surface area contributed by atoms with E-state index in [1.165, 1.54) is 5.56 Å². The van der Waals surface area contributed by atoms with E-state index in [1.807, 2.05) is 0 Å². The number of hydrogen-bond acceptors (Lipinski definition) is 1. The van der Waals surface area contributed by atoms with Gasteiger partial charge in [-0.3, -0.25) is 4.90 Å². The molecule has 0 amide bonds. The van der Waals surface area contributed by atoms with Crippen molar-refractivity contribution in [3.63, 3.8) is 0 Å². The van der Waals surface area contributed by atoms with Crippen LogP contribution in [0.15, 0.2) is 30.3 Å². The zero-order valence-electron chi connectivity index (χ0n) is 10.3. The molecule has 0 atom stereocenters. The molecule has 1 heteroatoms. The third kappa shape index (κ3) is 4.51. The average Bonchev–Trinajstić information content (AvgIpc) is 2.29. The number of terminal acetylenes is 1. The zero-order valence-corrected chi connectivity index (χ0v) is 10.3. The van der Waals surface area contributed by atoms with Crippen LogP contribution in [-0.4, -0.2) is 17.5 Å². The Morgan fingerprint density at radius 3 is 2.50 bits per heavy atom. The Labute approximate surface area is 99.5 Å². The molecular formula is C15H21N. The highest BCUT2D eigenvalue weighted by molar-refractivity contribution is 5.14. The fourth-order valence-electron chi connectivity index (χ4n) is 1.72. The van der Waals surface area contributed by atoms with Gasteiger partial charge in [0.1, 0.15) is 0 Å². The quantitative estimate of drug-likeness (QED) is 0.520. The van der Waals surface area contributed by atoms with Gasteiger partial charge in [0.05, 0.1) is 0 Å². The summed E-state index contributed by atoms with van der Waals surface area (Å²) in [4.78, 5) is 2.46. The summed E-state index contributed by atoms with van der Waals surface area (Å²) in [6.45, 7) is 6.57. The maximum atomic E-state index is 5.27. The predicted molar refractivity (Wildman–Crippen MR) is 70.1 cm³/mol. The van der Waals surface area contributed by atoms with Gasteiger partial charge in [-0.05, 0) is 32.4 Å². The summed E-state index contributed by atoms with van der Waals surface area (Å²) >= 11 is 0. The molecule has 0 aliphatic rings. The normalized spacial score (nSPS) is 10.7. The summed E-state index contributed by atoms with van der Waals surface area (Å²) in [5, 5.41) is 0. The lowest BCUT2D eigenvalue weighted by Crippen LogP contribution is -2.31. The van der Waals surface area contributed by atoms with Crippen LogP contribution >= 0.6 is 0 Å². The van der Waals surface area contributed by atoms with Crippen LogP contribution in [-0.2, 0) is 6.54 Å². The Bertz CT molecular complexity index is 321. The van der Waals surface area contributed by atoms with Gasteiger partial charge in [0.15, 0.2) is 0 Å². The molecule has 0 saturated heterocycles. The van der Waals surface area contributed by atoms with Gasteiger partial charge in [0, 0.05) is 19.0 Å². The minimum atomic E-state index is 0.568. The number of nitrogens with zero attached hydrogens (tertiary/aromatic N) is 1. The average molecular weight is 215 g/mol. The van der Waals surface area contributed by atoms with E-state index in [2.05, 4.69) is 55.0 Å². The van der Waals surface area contributed by atoms with Gasteiger partial charge in [-0.2, -0.15) is 0 Å². The van der Waals surface area contributed by atoms with Crippen LogP contribution in [0.25, 0.3) is 0 Å². The third-order valence-corrected chi connectivity index (χ3v) is 2.73. The van der Waals surface area contributed by atoms with Crippen LogP contribution in [0, 0.1) is 12.3 Å².